The average molecular weight is 407 g/mol. The average Bonchev–Trinajstić information content (AvgIpc) is 2.62. The van der Waals surface area contributed by atoms with Crippen LogP contribution in [0, 0.1) is 13.8 Å². The standard InChI is InChI=1S/C19H26N4O4S/c1-14-5-10-18(15(2)13-14)27-12-4-11-20-19(24)21-16-6-8-17(9-7-16)22-23-28(3,25)26/h5-10,13,22-23H,4,11-12H2,1-3H3,(H2,20,21,24). The highest BCUT2D eigenvalue weighted by Gasteiger charge is 2.04. The molecule has 0 aliphatic rings. The van der Waals surface area contributed by atoms with Gasteiger partial charge in [0.25, 0.3) is 0 Å². The number of nitrogens with one attached hydrogen (secondary N) is 4. The zero-order valence-electron chi connectivity index (χ0n) is 16.2. The van der Waals surface area contributed by atoms with Crippen molar-refractivity contribution in [3.8, 4) is 5.75 Å². The maximum absolute atomic E-state index is 11.9. The minimum Gasteiger partial charge on any atom is -0.493 e. The van der Waals surface area contributed by atoms with E-state index in [-0.39, 0.29) is 6.03 Å². The molecule has 0 spiro atoms. The Labute approximate surface area is 165 Å². The second-order valence-electron chi connectivity index (χ2n) is 6.43. The first kappa shape index (κ1) is 21.5. The molecule has 8 nitrogen and oxygen atoms in total. The first-order valence-corrected chi connectivity index (χ1v) is 10.7. The van der Waals surface area contributed by atoms with E-state index in [2.05, 4.69) is 27.0 Å². The predicted molar refractivity (Wildman–Crippen MR) is 111 cm³/mol. The van der Waals surface area contributed by atoms with Crippen LogP contribution in [0.5, 0.6) is 5.75 Å². The third-order valence-corrected chi connectivity index (χ3v) is 4.19. The molecule has 9 heteroatoms. The molecule has 0 radical (unpaired) electrons. The summed E-state index contributed by atoms with van der Waals surface area (Å²) in [7, 11) is -3.34. The molecule has 0 bridgehead atoms. The molecule has 0 aliphatic carbocycles. The van der Waals surface area contributed by atoms with Crippen molar-refractivity contribution in [2.75, 3.05) is 30.1 Å². The lowest BCUT2D eigenvalue weighted by molar-refractivity contribution is 0.250. The summed E-state index contributed by atoms with van der Waals surface area (Å²) in [6.45, 7) is 5.04. The van der Waals surface area contributed by atoms with E-state index in [4.69, 9.17) is 4.74 Å². The van der Waals surface area contributed by atoms with E-state index in [9.17, 15) is 13.2 Å². The molecule has 2 amide bonds. The van der Waals surface area contributed by atoms with Crippen LogP contribution in [0.25, 0.3) is 0 Å². The van der Waals surface area contributed by atoms with Crippen LogP contribution < -0.4 is 25.6 Å². The number of hydrazine groups is 1. The molecule has 0 unspecified atom stereocenters. The Morgan fingerprint density at radius 3 is 2.36 bits per heavy atom. The highest BCUT2D eigenvalue weighted by Crippen LogP contribution is 2.18. The van der Waals surface area contributed by atoms with Gasteiger partial charge in [-0.3, -0.25) is 0 Å². The molecule has 0 saturated heterocycles. The second-order valence-corrected chi connectivity index (χ2v) is 8.18. The van der Waals surface area contributed by atoms with Crippen LogP contribution in [-0.4, -0.2) is 33.9 Å². The number of rotatable bonds is 9. The molecule has 2 aromatic carbocycles. The van der Waals surface area contributed by atoms with Crippen LogP contribution in [0.3, 0.4) is 0 Å². The lowest BCUT2D eigenvalue weighted by atomic mass is 10.1. The van der Waals surface area contributed by atoms with Crippen LogP contribution in [0.2, 0.25) is 0 Å². The Kier molecular flexibility index (Phi) is 7.65. The van der Waals surface area contributed by atoms with Crippen LogP contribution in [0.1, 0.15) is 17.5 Å². The largest absolute Gasteiger partial charge is 0.493 e. The number of hydrogen-bond donors (Lipinski definition) is 4. The van der Waals surface area contributed by atoms with Crippen molar-refractivity contribution in [3.05, 3.63) is 53.6 Å². The molecule has 0 heterocycles. The maximum Gasteiger partial charge on any atom is 0.319 e. The van der Waals surface area contributed by atoms with E-state index >= 15 is 0 Å². The summed E-state index contributed by atoms with van der Waals surface area (Å²) in [6, 6.07) is 12.3. The van der Waals surface area contributed by atoms with E-state index in [1.165, 1.54) is 5.56 Å². The number of carbonyl (C=O) groups excluding carboxylic acids is 1. The molecule has 2 aromatic rings. The lowest BCUT2D eigenvalue weighted by Gasteiger charge is -2.11. The zero-order chi connectivity index (χ0) is 20.6. The second kappa shape index (κ2) is 9.95. The smallest absolute Gasteiger partial charge is 0.319 e. The van der Waals surface area contributed by atoms with Crippen LogP contribution >= 0.6 is 0 Å². The number of amides is 2. The molecule has 152 valence electrons. The van der Waals surface area contributed by atoms with Gasteiger partial charge >= 0.3 is 6.03 Å². The molecular formula is C19H26N4O4S. The van der Waals surface area contributed by atoms with Crippen LogP contribution in [0.15, 0.2) is 42.5 Å². The number of benzene rings is 2. The van der Waals surface area contributed by atoms with Gasteiger partial charge in [-0.2, -0.15) is 0 Å². The van der Waals surface area contributed by atoms with Gasteiger partial charge in [0, 0.05) is 17.9 Å². The summed E-state index contributed by atoms with van der Waals surface area (Å²) in [5.41, 5.74) is 5.99. The summed E-state index contributed by atoms with van der Waals surface area (Å²) < 4.78 is 27.8. The fraction of sp³-hybridized carbons (Fsp3) is 0.316. The van der Waals surface area contributed by atoms with Gasteiger partial charge < -0.3 is 20.8 Å². The number of aryl methyl sites for hydroxylation is 2. The first-order chi connectivity index (χ1) is 13.2. The summed E-state index contributed by atoms with van der Waals surface area (Å²) in [4.78, 5) is 14.1. The Bertz CT molecular complexity index is 899. The summed E-state index contributed by atoms with van der Waals surface area (Å²) in [6.07, 6.45) is 1.73. The summed E-state index contributed by atoms with van der Waals surface area (Å²) >= 11 is 0. The molecule has 0 saturated carbocycles. The minimum absolute atomic E-state index is 0.318. The number of carbonyl (C=O) groups is 1. The summed E-state index contributed by atoms with van der Waals surface area (Å²) in [5.74, 6) is 0.856. The number of ether oxygens (including phenoxy) is 1. The van der Waals surface area contributed by atoms with Crippen molar-refractivity contribution in [1.82, 2.24) is 10.1 Å². The Morgan fingerprint density at radius 2 is 1.71 bits per heavy atom. The van der Waals surface area contributed by atoms with Crippen molar-refractivity contribution < 1.29 is 17.9 Å². The van der Waals surface area contributed by atoms with Gasteiger partial charge in [0.05, 0.1) is 12.9 Å². The van der Waals surface area contributed by atoms with E-state index in [0.717, 1.165) is 17.6 Å². The fourth-order valence-corrected chi connectivity index (χ4v) is 2.68. The van der Waals surface area contributed by atoms with Crippen LogP contribution in [0.4, 0.5) is 16.2 Å². The highest BCUT2D eigenvalue weighted by atomic mass is 32.2. The van der Waals surface area contributed by atoms with Gasteiger partial charge in [-0.1, -0.05) is 17.7 Å². The van der Waals surface area contributed by atoms with E-state index < -0.39 is 10.0 Å². The number of hydrogen-bond acceptors (Lipinski definition) is 5. The van der Waals surface area contributed by atoms with E-state index in [1.807, 2.05) is 26.0 Å². The molecule has 0 fully saturated rings. The van der Waals surface area contributed by atoms with Gasteiger partial charge in [-0.15, -0.1) is 4.83 Å². The third-order valence-electron chi connectivity index (χ3n) is 3.72. The zero-order valence-corrected chi connectivity index (χ0v) is 17.0. The first-order valence-electron chi connectivity index (χ1n) is 8.81. The molecule has 0 aromatic heterocycles. The van der Waals surface area contributed by atoms with Crippen molar-refractivity contribution in [2.45, 2.75) is 20.3 Å². The Balaban J connectivity index is 1.66. The highest BCUT2D eigenvalue weighted by molar-refractivity contribution is 7.88. The number of urea groups is 1. The topological polar surface area (TPSA) is 109 Å². The molecule has 28 heavy (non-hydrogen) atoms. The van der Waals surface area contributed by atoms with Gasteiger partial charge in [-0.05, 0) is 56.2 Å². The molecule has 0 atom stereocenters. The monoisotopic (exact) mass is 406 g/mol. The SMILES string of the molecule is Cc1ccc(OCCCNC(=O)Nc2ccc(NNS(C)(=O)=O)cc2)c(C)c1. The maximum atomic E-state index is 11.9. The van der Waals surface area contributed by atoms with Gasteiger partial charge in [0.15, 0.2) is 0 Å². The van der Waals surface area contributed by atoms with Crippen molar-refractivity contribution in [3.63, 3.8) is 0 Å². The number of anilines is 2. The van der Waals surface area contributed by atoms with Crippen molar-refractivity contribution in [2.24, 2.45) is 0 Å². The normalized spacial score (nSPS) is 11.0. The van der Waals surface area contributed by atoms with Crippen molar-refractivity contribution in [1.29, 1.82) is 0 Å². The predicted octanol–water partition coefficient (Wildman–Crippen LogP) is 2.77. The van der Waals surface area contributed by atoms with E-state index in [0.29, 0.717) is 30.9 Å². The molecular weight excluding hydrogens is 380 g/mol. The molecule has 4 N–H and O–H groups in total. The van der Waals surface area contributed by atoms with Crippen LogP contribution in [-0.2, 0) is 10.0 Å². The van der Waals surface area contributed by atoms with Gasteiger partial charge in [0.2, 0.25) is 10.0 Å². The fourth-order valence-electron chi connectivity index (χ4n) is 2.38. The Hall–Kier alpha value is -2.78. The van der Waals surface area contributed by atoms with Gasteiger partial charge in [0.1, 0.15) is 5.75 Å². The molecule has 2 rings (SSSR count). The van der Waals surface area contributed by atoms with Gasteiger partial charge in [-0.25, -0.2) is 13.2 Å². The van der Waals surface area contributed by atoms with E-state index in [1.54, 1.807) is 24.3 Å². The molecule has 0 aliphatic heterocycles. The Morgan fingerprint density at radius 1 is 1.04 bits per heavy atom. The quantitative estimate of drug-likeness (QED) is 0.378. The third kappa shape index (κ3) is 7.85. The van der Waals surface area contributed by atoms with Crippen molar-refractivity contribution >= 4 is 27.4 Å². The minimum atomic E-state index is -3.34. The number of sulfonamides is 1. The summed E-state index contributed by atoms with van der Waals surface area (Å²) in [5, 5.41) is 5.47. The lowest BCUT2D eigenvalue weighted by Crippen LogP contribution is -2.30.